The smallest absolute Gasteiger partial charge is 0.138 e. The van der Waals surface area contributed by atoms with Crippen LogP contribution in [0.25, 0.3) is 11.0 Å². The van der Waals surface area contributed by atoms with Crippen molar-refractivity contribution in [1.82, 2.24) is 0 Å². The van der Waals surface area contributed by atoms with Crippen LogP contribution in [0.5, 0.6) is 0 Å². The van der Waals surface area contributed by atoms with Crippen LogP contribution in [0, 0.1) is 6.92 Å². The Morgan fingerprint density at radius 2 is 2.21 bits per heavy atom. The summed E-state index contributed by atoms with van der Waals surface area (Å²) < 4.78 is 6.61. The van der Waals surface area contributed by atoms with Crippen LogP contribution >= 0.6 is 15.9 Å². The van der Waals surface area contributed by atoms with E-state index in [1.165, 1.54) is 5.56 Å². The number of aryl methyl sites for hydroxylation is 1. The van der Waals surface area contributed by atoms with E-state index in [4.69, 9.17) is 10.2 Å². The SMILES string of the molecule is Cc1ccc(Br)c2c(CCN)coc12. The second-order valence-corrected chi connectivity index (χ2v) is 4.22. The van der Waals surface area contributed by atoms with Crippen LogP contribution in [0.2, 0.25) is 0 Å². The third kappa shape index (κ3) is 1.47. The van der Waals surface area contributed by atoms with Crippen molar-refractivity contribution in [3.8, 4) is 0 Å². The summed E-state index contributed by atoms with van der Waals surface area (Å²) in [6.07, 6.45) is 2.66. The third-order valence-electron chi connectivity index (χ3n) is 2.36. The van der Waals surface area contributed by atoms with Gasteiger partial charge in [-0.05, 0) is 31.5 Å². The molecule has 0 saturated heterocycles. The molecule has 0 radical (unpaired) electrons. The van der Waals surface area contributed by atoms with E-state index in [9.17, 15) is 0 Å². The van der Waals surface area contributed by atoms with Gasteiger partial charge in [-0.2, -0.15) is 0 Å². The van der Waals surface area contributed by atoms with Gasteiger partial charge in [0.05, 0.1) is 6.26 Å². The summed E-state index contributed by atoms with van der Waals surface area (Å²) in [6.45, 7) is 2.69. The van der Waals surface area contributed by atoms with E-state index in [0.717, 1.165) is 27.4 Å². The Hall–Kier alpha value is -0.800. The lowest BCUT2D eigenvalue weighted by molar-refractivity contribution is 0.608. The molecule has 2 aromatic rings. The molecule has 0 atom stereocenters. The summed E-state index contributed by atoms with van der Waals surface area (Å²) in [5.41, 5.74) is 8.84. The highest BCUT2D eigenvalue weighted by atomic mass is 79.9. The first-order chi connectivity index (χ1) is 6.74. The van der Waals surface area contributed by atoms with Gasteiger partial charge < -0.3 is 10.2 Å². The predicted octanol–water partition coefficient (Wildman–Crippen LogP) is 3.00. The van der Waals surface area contributed by atoms with Gasteiger partial charge in [-0.1, -0.05) is 22.0 Å². The molecule has 74 valence electrons. The first kappa shape index (κ1) is 9.74. The Kier molecular flexibility index (Phi) is 2.61. The van der Waals surface area contributed by atoms with Gasteiger partial charge in [-0.3, -0.25) is 0 Å². The molecule has 1 aromatic heterocycles. The molecule has 0 spiro atoms. The molecule has 2 rings (SSSR count). The molecule has 0 unspecified atom stereocenters. The van der Waals surface area contributed by atoms with E-state index in [-0.39, 0.29) is 0 Å². The topological polar surface area (TPSA) is 39.2 Å². The molecule has 3 heteroatoms. The number of hydrogen-bond acceptors (Lipinski definition) is 2. The number of rotatable bonds is 2. The van der Waals surface area contributed by atoms with Crippen LogP contribution in [-0.4, -0.2) is 6.54 Å². The van der Waals surface area contributed by atoms with Crippen molar-refractivity contribution < 1.29 is 4.42 Å². The van der Waals surface area contributed by atoms with Gasteiger partial charge in [0.2, 0.25) is 0 Å². The van der Waals surface area contributed by atoms with Crippen LogP contribution in [0.3, 0.4) is 0 Å². The van der Waals surface area contributed by atoms with Crippen LogP contribution < -0.4 is 5.73 Å². The van der Waals surface area contributed by atoms with Crippen LogP contribution in [-0.2, 0) is 6.42 Å². The van der Waals surface area contributed by atoms with Gasteiger partial charge in [0.15, 0.2) is 0 Å². The molecular weight excluding hydrogens is 242 g/mol. The van der Waals surface area contributed by atoms with Crippen LogP contribution in [0.1, 0.15) is 11.1 Å². The maximum absolute atomic E-state index is 5.54. The number of benzene rings is 1. The van der Waals surface area contributed by atoms with Crippen molar-refractivity contribution in [2.45, 2.75) is 13.3 Å². The van der Waals surface area contributed by atoms with Crippen LogP contribution in [0.4, 0.5) is 0 Å². The zero-order valence-corrected chi connectivity index (χ0v) is 9.60. The summed E-state index contributed by atoms with van der Waals surface area (Å²) in [7, 11) is 0. The molecule has 0 amide bonds. The van der Waals surface area contributed by atoms with Crippen LogP contribution in [0.15, 0.2) is 27.3 Å². The van der Waals surface area contributed by atoms with E-state index in [2.05, 4.69) is 15.9 Å². The number of halogens is 1. The van der Waals surface area contributed by atoms with Gasteiger partial charge in [0.25, 0.3) is 0 Å². The fraction of sp³-hybridized carbons (Fsp3) is 0.273. The van der Waals surface area contributed by atoms with E-state index in [0.29, 0.717) is 6.54 Å². The van der Waals surface area contributed by atoms with E-state index < -0.39 is 0 Å². The number of furan rings is 1. The standard InChI is InChI=1S/C11H12BrNO/c1-7-2-3-9(12)10-8(4-5-13)6-14-11(7)10/h2-3,6H,4-5,13H2,1H3. The van der Waals surface area contributed by atoms with Crippen molar-refractivity contribution in [3.05, 3.63) is 34.0 Å². The normalized spacial score (nSPS) is 11.1. The zero-order chi connectivity index (χ0) is 10.1. The summed E-state index contributed by atoms with van der Waals surface area (Å²) in [6, 6.07) is 4.09. The Morgan fingerprint density at radius 1 is 1.43 bits per heavy atom. The molecule has 0 aliphatic rings. The monoisotopic (exact) mass is 253 g/mol. The Bertz CT molecular complexity index is 462. The minimum atomic E-state index is 0.648. The molecule has 1 aromatic carbocycles. The maximum atomic E-state index is 5.54. The minimum absolute atomic E-state index is 0.648. The largest absolute Gasteiger partial charge is 0.464 e. The van der Waals surface area contributed by atoms with Gasteiger partial charge >= 0.3 is 0 Å². The van der Waals surface area contributed by atoms with Crippen molar-refractivity contribution in [3.63, 3.8) is 0 Å². The molecule has 0 aliphatic carbocycles. The zero-order valence-electron chi connectivity index (χ0n) is 8.01. The molecular formula is C11H12BrNO. The molecule has 2 N–H and O–H groups in total. The lowest BCUT2D eigenvalue weighted by Crippen LogP contribution is -2.01. The lowest BCUT2D eigenvalue weighted by Gasteiger charge is -1.99. The minimum Gasteiger partial charge on any atom is -0.464 e. The highest BCUT2D eigenvalue weighted by molar-refractivity contribution is 9.10. The van der Waals surface area contributed by atoms with Gasteiger partial charge in [0.1, 0.15) is 5.58 Å². The maximum Gasteiger partial charge on any atom is 0.138 e. The van der Waals surface area contributed by atoms with Gasteiger partial charge in [-0.15, -0.1) is 0 Å². The Labute approximate surface area is 91.2 Å². The molecule has 0 bridgehead atoms. The lowest BCUT2D eigenvalue weighted by atomic mass is 10.1. The van der Waals surface area contributed by atoms with E-state index >= 15 is 0 Å². The van der Waals surface area contributed by atoms with Crippen molar-refractivity contribution >= 4 is 26.9 Å². The highest BCUT2D eigenvalue weighted by Gasteiger charge is 2.10. The Morgan fingerprint density at radius 3 is 2.93 bits per heavy atom. The Balaban J connectivity index is 2.70. The van der Waals surface area contributed by atoms with Gasteiger partial charge in [0, 0.05) is 15.4 Å². The first-order valence-corrected chi connectivity index (χ1v) is 5.38. The summed E-state index contributed by atoms with van der Waals surface area (Å²) in [4.78, 5) is 0. The van der Waals surface area contributed by atoms with Crippen molar-refractivity contribution in [2.24, 2.45) is 5.73 Å². The summed E-state index contributed by atoms with van der Waals surface area (Å²) in [5, 5.41) is 1.16. The molecule has 0 fully saturated rings. The average Bonchev–Trinajstić information content (AvgIpc) is 2.58. The molecule has 2 nitrogen and oxygen atoms in total. The highest BCUT2D eigenvalue weighted by Crippen LogP contribution is 2.31. The van der Waals surface area contributed by atoms with E-state index in [1.54, 1.807) is 6.26 Å². The predicted molar refractivity (Wildman–Crippen MR) is 61.4 cm³/mol. The fourth-order valence-electron chi connectivity index (χ4n) is 1.64. The third-order valence-corrected chi connectivity index (χ3v) is 3.02. The number of hydrogen-bond donors (Lipinski definition) is 1. The first-order valence-electron chi connectivity index (χ1n) is 4.59. The molecule has 0 saturated carbocycles. The van der Waals surface area contributed by atoms with Crippen molar-refractivity contribution in [1.29, 1.82) is 0 Å². The number of fused-ring (bicyclic) bond motifs is 1. The van der Waals surface area contributed by atoms with Gasteiger partial charge in [-0.25, -0.2) is 0 Å². The molecule has 0 aliphatic heterocycles. The van der Waals surface area contributed by atoms with Crippen molar-refractivity contribution in [2.75, 3.05) is 6.54 Å². The summed E-state index contributed by atoms with van der Waals surface area (Å²) in [5.74, 6) is 0. The quantitative estimate of drug-likeness (QED) is 0.894. The molecule has 1 heterocycles. The fourth-order valence-corrected chi connectivity index (χ4v) is 2.21. The molecule has 14 heavy (non-hydrogen) atoms. The average molecular weight is 254 g/mol. The second-order valence-electron chi connectivity index (χ2n) is 3.37. The number of nitrogens with two attached hydrogens (primary N) is 1. The summed E-state index contributed by atoms with van der Waals surface area (Å²) >= 11 is 3.53. The van der Waals surface area contributed by atoms with E-state index in [1.807, 2.05) is 19.1 Å². The second kappa shape index (κ2) is 3.75.